The zero-order chi connectivity index (χ0) is 28.9. The Hall–Kier alpha value is -4.71. The van der Waals surface area contributed by atoms with E-state index in [2.05, 4.69) is 30.6 Å². The van der Waals surface area contributed by atoms with Crippen LogP contribution < -0.4 is 22.1 Å². The molecule has 41 heavy (non-hydrogen) atoms. The molecule has 0 saturated heterocycles. The Labute approximate surface area is 237 Å². The van der Waals surface area contributed by atoms with Crippen LogP contribution in [0.5, 0.6) is 0 Å². The maximum Gasteiger partial charge on any atom is 0.240 e. The van der Waals surface area contributed by atoms with Gasteiger partial charge in [-0.1, -0.05) is 24.3 Å². The number of amides is 2. The molecule has 1 saturated carbocycles. The van der Waals surface area contributed by atoms with Gasteiger partial charge in [-0.2, -0.15) is 5.21 Å². The van der Waals surface area contributed by atoms with E-state index in [1.807, 2.05) is 31.2 Å². The zero-order valence-corrected chi connectivity index (χ0v) is 22.9. The van der Waals surface area contributed by atoms with Crippen molar-refractivity contribution in [3.8, 4) is 22.5 Å². The average molecular weight is 555 g/mol. The van der Waals surface area contributed by atoms with Gasteiger partial charge in [0.05, 0.1) is 5.69 Å². The van der Waals surface area contributed by atoms with Gasteiger partial charge >= 0.3 is 0 Å². The van der Waals surface area contributed by atoms with E-state index in [0.29, 0.717) is 24.0 Å². The normalized spacial score (nSPS) is 17.6. The molecule has 0 radical (unpaired) electrons. The van der Waals surface area contributed by atoms with Crippen molar-refractivity contribution in [1.29, 1.82) is 0 Å². The lowest BCUT2D eigenvalue weighted by molar-refractivity contribution is -0.127. The highest BCUT2D eigenvalue weighted by molar-refractivity contribution is 6.01. The first kappa shape index (κ1) is 27.8. The number of anilines is 2. The molecule has 2 aromatic carbocycles. The molecule has 1 aliphatic rings. The number of aryl methyl sites for hydroxylation is 1. The lowest BCUT2D eigenvalue weighted by atomic mass is 9.81. The zero-order valence-electron chi connectivity index (χ0n) is 22.9. The summed E-state index contributed by atoms with van der Waals surface area (Å²) in [5, 5.41) is 14.1. The Morgan fingerprint density at radius 3 is 2.29 bits per heavy atom. The largest absolute Gasteiger partial charge is 0.368 e. The van der Waals surface area contributed by atoms with Gasteiger partial charge < -0.3 is 17.2 Å². The standard InChI is InChI=1S/C29H34N10O2/c1-17-24(16-33-29(32)34-17)20-6-2-18(3-7-20)14-25(26(31)40)39(28(41)22-8-4-19(15-30)5-9-22)23-12-10-21(11-13-23)27-35-37-38-36-27/h2-3,6-7,10-13,16,19,22,25H,4-5,8-9,14-15,30H2,1H3,(H2,31,40)(H2,32,33,34)(H,35,36,37,38)/t19?,22?,25-/m0/s1. The SMILES string of the molecule is Cc1nc(N)ncc1-c1ccc(C[C@@H](C(N)=O)N(C(=O)C2CCC(CN)CC2)c2ccc(-c3nn[nH]n3)cc2)cc1. The second kappa shape index (κ2) is 12.2. The average Bonchev–Trinajstić information content (AvgIpc) is 3.53. The van der Waals surface area contributed by atoms with Crippen LogP contribution in [0.3, 0.4) is 0 Å². The van der Waals surface area contributed by atoms with Crippen LogP contribution in [0.2, 0.25) is 0 Å². The molecule has 2 amide bonds. The Morgan fingerprint density at radius 2 is 1.71 bits per heavy atom. The molecule has 2 aromatic heterocycles. The highest BCUT2D eigenvalue weighted by atomic mass is 16.2. The van der Waals surface area contributed by atoms with Crippen LogP contribution in [0.15, 0.2) is 54.7 Å². The van der Waals surface area contributed by atoms with E-state index in [9.17, 15) is 9.59 Å². The number of rotatable bonds is 9. The minimum Gasteiger partial charge on any atom is -0.368 e. The summed E-state index contributed by atoms with van der Waals surface area (Å²) in [6.45, 7) is 2.49. The van der Waals surface area contributed by atoms with Crippen LogP contribution in [0.4, 0.5) is 11.6 Å². The third-order valence-electron chi connectivity index (χ3n) is 7.85. The van der Waals surface area contributed by atoms with E-state index < -0.39 is 11.9 Å². The van der Waals surface area contributed by atoms with Crippen molar-refractivity contribution in [2.45, 2.75) is 45.1 Å². The van der Waals surface area contributed by atoms with Crippen LogP contribution in [0.25, 0.3) is 22.5 Å². The molecule has 7 N–H and O–H groups in total. The van der Waals surface area contributed by atoms with Crippen molar-refractivity contribution in [2.75, 3.05) is 17.2 Å². The first-order valence-electron chi connectivity index (χ1n) is 13.7. The van der Waals surface area contributed by atoms with Gasteiger partial charge in [-0.05, 0) is 85.7 Å². The summed E-state index contributed by atoms with van der Waals surface area (Å²) >= 11 is 0. The number of hydrogen-bond acceptors (Lipinski definition) is 9. The fourth-order valence-electron chi connectivity index (χ4n) is 5.49. The molecule has 1 atom stereocenters. The number of carbonyl (C=O) groups excluding carboxylic acids is 2. The number of aromatic amines is 1. The van der Waals surface area contributed by atoms with Crippen LogP contribution in [-0.4, -0.2) is 55.0 Å². The molecule has 0 spiro atoms. The summed E-state index contributed by atoms with van der Waals surface area (Å²) in [5.41, 5.74) is 22.3. The van der Waals surface area contributed by atoms with E-state index in [1.165, 1.54) is 0 Å². The topological polar surface area (TPSA) is 196 Å². The number of primary amides is 1. The first-order chi connectivity index (χ1) is 19.8. The Morgan fingerprint density at radius 1 is 1.02 bits per heavy atom. The molecule has 0 aliphatic heterocycles. The third kappa shape index (κ3) is 6.22. The predicted octanol–water partition coefficient (Wildman–Crippen LogP) is 2.41. The summed E-state index contributed by atoms with van der Waals surface area (Å²) in [6, 6.07) is 14.0. The molecule has 0 unspecified atom stereocenters. The van der Waals surface area contributed by atoms with Crippen molar-refractivity contribution >= 4 is 23.5 Å². The smallest absolute Gasteiger partial charge is 0.240 e. The summed E-state index contributed by atoms with van der Waals surface area (Å²) in [4.78, 5) is 37.0. The predicted molar refractivity (Wildman–Crippen MR) is 155 cm³/mol. The highest BCUT2D eigenvalue weighted by Gasteiger charge is 2.36. The second-order valence-electron chi connectivity index (χ2n) is 10.5. The van der Waals surface area contributed by atoms with Gasteiger partial charge in [0.25, 0.3) is 0 Å². The molecule has 212 valence electrons. The van der Waals surface area contributed by atoms with Gasteiger partial charge in [-0.3, -0.25) is 14.5 Å². The van der Waals surface area contributed by atoms with Crippen LogP contribution in [0.1, 0.15) is 36.9 Å². The van der Waals surface area contributed by atoms with Crippen molar-refractivity contribution < 1.29 is 9.59 Å². The number of tetrazole rings is 1. The number of nitrogen functional groups attached to an aromatic ring is 1. The summed E-state index contributed by atoms with van der Waals surface area (Å²) in [5.74, 6) is 0.169. The number of aromatic nitrogens is 6. The second-order valence-corrected chi connectivity index (χ2v) is 10.5. The van der Waals surface area contributed by atoms with E-state index in [0.717, 1.165) is 53.6 Å². The fraction of sp³-hybridized carbons (Fsp3) is 0.345. The van der Waals surface area contributed by atoms with Crippen molar-refractivity contribution in [1.82, 2.24) is 30.6 Å². The number of benzene rings is 2. The molecule has 5 rings (SSSR count). The van der Waals surface area contributed by atoms with Crippen LogP contribution >= 0.6 is 0 Å². The quantitative estimate of drug-likeness (QED) is 0.240. The lowest BCUT2D eigenvalue weighted by Gasteiger charge is -2.35. The molecule has 1 aliphatic carbocycles. The molecule has 1 fully saturated rings. The maximum absolute atomic E-state index is 14.1. The van der Waals surface area contributed by atoms with Gasteiger partial charge in [-0.15, -0.1) is 10.2 Å². The van der Waals surface area contributed by atoms with E-state index in [4.69, 9.17) is 17.2 Å². The number of nitrogens with zero attached hydrogens (tertiary/aromatic N) is 6. The minimum atomic E-state index is -0.891. The Kier molecular flexibility index (Phi) is 8.29. The van der Waals surface area contributed by atoms with Crippen molar-refractivity contribution in [3.63, 3.8) is 0 Å². The number of nitrogens with one attached hydrogen (secondary N) is 1. The number of hydrogen-bond donors (Lipinski definition) is 4. The Balaban J connectivity index is 1.44. The van der Waals surface area contributed by atoms with Crippen molar-refractivity contribution in [2.24, 2.45) is 23.3 Å². The number of carbonyl (C=O) groups is 2. The summed E-state index contributed by atoms with van der Waals surface area (Å²) in [6.07, 6.45) is 5.16. The van der Waals surface area contributed by atoms with Gasteiger partial charge in [0, 0.05) is 35.3 Å². The molecule has 12 heteroatoms. The Bertz CT molecular complexity index is 1480. The third-order valence-corrected chi connectivity index (χ3v) is 7.85. The molecule has 2 heterocycles. The number of nitrogens with two attached hydrogens (primary N) is 3. The first-order valence-corrected chi connectivity index (χ1v) is 13.7. The minimum absolute atomic E-state index is 0.108. The highest BCUT2D eigenvalue weighted by Crippen LogP contribution is 2.33. The fourth-order valence-corrected chi connectivity index (χ4v) is 5.49. The number of H-pyrrole nitrogens is 1. The van der Waals surface area contributed by atoms with Gasteiger partial charge in [0.1, 0.15) is 6.04 Å². The van der Waals surface area contributed by atoms with Crippen LogP contribution in [-0.2, 0) is 16.0 Å². The maximum atomic E-state index is 14.1. The summed E-state index contributed by atoms with van der Waals surface area (Å²) < 4.78 is 0. The van der Waals surface area contributed by atoms with Crippen LogP contribution in [0, 0.1) is 18.8 Å². The van der Waals surface area contributed by atoms with Gasteiger partial charge in [0.2, 0.25) is 23.6 Å². The van der Waals surface area contributed by atoms with E-state index >= 15 is 0 Å². The summed E-state index contributed by atoms with van der Waals surface area (Å²) in [7, 11) is 0. The van der Waals surface area contributed by atoms with Gasteiger partial charge in [0.15, 0.2) is 0 Å². The van der Waals surface area contributed by atoms with E-state index in [-0.39, 0.29) is 24.2 Å². The molecule has 12 nitrogen and oxygen atoms in total. The lowest BCUT2D eigenvalue weighted by Crippen LogP contribution is -2.52. The van der Waals surface area contributed by atoms with E-state index in [1.54, 1.807) is 35.4 Å². The molecular formula is C29H34N10O2. The van der Waals surface area contributed by atoms with Gasteiger partial charge in [-0.25, -0.2) is 9.97 Å². The molecule has 0 bridgehead atoms. The van der Waals surface area contributed by atoms with Crippen molar-refractivity contribution in [3.05, 3.63) is 66.0 Å². The monoisotopic (exact) mass is 554 g/mol. The molecular weight excluding hydrogens is 520 g/mol. The molecule has 4 aromatic rings.